The molecular weight excluding hydrogens is 391 g/mol. The summed E-state index contributed by atoms with van der Waals surface area (Å²) in [5.41, 5.74) is 0.111. The van der Waals surface area contributed by atoms with Crippen LogP contribution in [0, 0.1) is 5.82 Å². The second-order valence-corrected chi connectivity index (χ2v) is 9.40. The zero-order valence-corrected chi connectivity index (χ0v) is 15.1. The van der Waals surface area contributed by atoms with Gasteiger partial charge in [-0.25, -0.2) is 25.9 Å². The lowest BCUT2D eigenvalue weighted by Gasteiger charge is -2.10. The SMILES string of the molecule is O=S(=O)(NC1CC1)c1ccc(NS(=O)(=O)c2ccc(Cl)cc2F)cc1. The van der Waals surface area contributed by atoms with E-state index in [1.165, 1.54) is 30.3 Å². The number of anilines is 1. The standard InChI is InChI=1S/C15H14ClFN2O4S2/c16-10-1-8-15(14(17)9-10)25(22,23)19-12-4-6-13(7-5-12)24(20,21)18-11-2-3-11/h1,4-9,11,18-19H,2-3H2. The molecule has 2 aromatic rings. The van der Waals surface area contributed by atoms with Gasteiger partial charge in [-0.15, -0.1) is 0 Å². The fraction of sp³-hybridized carbons (Fsp3) is 0.200. The molecule has 10 heteroatoms. The predicted octanol–water partition coefficient (Wildman–Crippen LogP) is 2.72. The highest BCUT2D eigenvalue weighted by Crippen LogP contribution is 2.24. The van der Waals surface area contributed by atoms with E-state index in [4.69, 9.17) is 11.6 Å². The van der Waals surface area contributed by atoms with Crippen molar-refractivity contribution in [1.82, 2.24) is 4.72 Å². The van der Waals surface area contributed by atoms with Gasteiger partial charge in [-0.1, -0.05) is 11.6 Å². The quantitative estimate of drug-likeness (QED) is 0.774. The average molecular weight is 405 g/mol. The van der Waals surface area contributed by atoms with Crippen molar-refractivity contribution in [3.63, 3.8) is 0 Å². The molecule has 0 radical (unpaired) electrons. The Balaban J connectivity index is 1.80. The van der Waals surface area contributed by atoms with E-state index < -0.39 is 30.8 Å². The third-order valence-electron chi connectivity index (χ3n) is 3.50. The minimum Gasteiger partial charge on any atom is -0.280 e. The molecule has 1 saturated carbocycles. The monoisotopic (exact) mass is 404 g/mol. The van der Waals surface area contributed by atoms with Crippen molar-refractivity contribution in [2.45, 2.75) is 28.7 Å². The molecule has 1 aliphatic carbocycles. The number of hydrogen-bond donors (Lipinski definition) is 2. The van der Waals surface area contributed by atoms with Crippen LogP contribution in [0.1, 0.15) is 12.8 Å². The molecule has 2 N–H and O–H groups in total. The van der Waals surface area contributed by atoms with Crippen LogP contribution in [0.4, 0.5) is 10.1 Å². The van der Waals surface area contributed by atoms with E-state index >= 15 is 0 Å². The molecule has 134 valence electrons. The zero-order valence-electron chi connectivity index (χ0n) is 12.7. The van der Waals surface area contributed by atoms with Crippen LogP contribution in [0.15, 0.2) is 52.3 Å². The number of hydrogen-bond acceptors (Lipinski definition) is 4. The minimum absolute atomic E-state index is 0.0278. The Kier molecular flexibility index (Phi) is 4.76. The van der Waals surface area contributed by atoms with E-state index in [9.17, 15) is 21.2 Å². The van der Waals surface area contributed by atoms with E-state index in [1.807, 2.05) is 0 Å². The summed E-state index contributed by atoms with van der Waals surface area (Å²) >= 11 is 5.61. The van der Waals surface area contributed by atoms with Crippen LogP contribution in [0.5, 0.6) is 0 Å². The van der Waals surface area contributed by atoms with Gasteiger partial charge < -0.3 is 0 Å². The van der Waals surface area contributed by atoms with E-state index in [0.717, 1.165) is 25.0 Å². The minimum atomic E-state index is -4.17. The number of sulfonamides is 2. The van der Waals surface area contributed by atoms with Gasteiger partial charge in [0.2, 0.25) is 10.0 Å². The van der Waals surface area contributed by atoms with Gasteiger partial charge in [-0.2, -0.15) is 0 Å². The summed E-state index contributed by atoms with van der Waals surface area (Å²) < 4.78 is 67.1. The first-order valence-electron chi connectivity index (χ1n) is 7.28. The second kappa shape index (κ2) is 6.56. The topological polar surface area (TPSA) is 92.3 Å². The molecule has 0 atom stereocenters. The molecule has 0 aliphatic heterocycles. The molecule has 6 nitrogen and oxygen atoms in total. The van der Waals surface area contributed by atoms with Crippen molar-refractivity contribution >= 4 is 37.3 Å². The molecule has 0 saturated heterocycles. The third-order valence-corrected chi connectivity index (χ3v) is 6.69. The van der Waals surface area contributed by atoms with E-state index in [2.05, 4.69) is 9.44 Å². The van der Waals surface area contributed by atoms with Gasteiger partial charge >= 0.3 is 0 Å². The van der Waals surface area contributed by atoms with Crippen LogP contribution in [-0.2, 0) is 20.0 Å². The Labute approximate surface area is 150 Å². The predicted molar refractivity (Wildman–Crippen MR) is 92.0 cm³/mol. The maximum absolute atomic E-state index is 13.8. The Morgan fingerprint density at radius 2 is 1.60 bits per heavy atom. The van der Waals surface area contributed by atoms with Crippen LogP contribution in [0.2, 0.25) is 5.02 Å². The van der Waals surface area contributed by atoms with E-state index in [1.54, 1.807) is 0 Å². The van der Waals surface area contributed by atoms with Crippen molar-refractivity contribution in [3.8, 4) is 0 Å². The largest absolute Gasteiger partial charge is 0.280 e. The maximum atomic E-state index is 13.8. The fourth-order valence-corrected chi connectivity index (χ4v) is 4.68. The first-order valence-corrected chi connectivity index (χ1v) is 10.6. The summed E-state index contributed by atoms with van der Waals surface area (Å²) in [4.78, 5) is -0.524. The van der Waals surface area contributed by atoms with Crippen LogP contribution in [0.3, 0.4) is 0 Å². The molecule has 0 aromatic heterocycles. The van der Waals surface area contributed by atoms with Gasteiger partial charge in [0.15, 0.2) is 0 Å². The Bertz CT molecular complexity index is 1000. The highest BCUT2D eigenvalue weighted by molar-refractivity contribution is 7.92. The van der Waals surface area contributed by atoms with Crippen LogP contribution >= 0.6 is 11.6 Å². The molecular formula is C15H14ClFN2O4S2. The lowest BCUT2D eigenvalue weighted by atomic mass is 10.3. The molecule has 25 heavy (non-hydrogen) atoms. The molecule has 3 rings (SSSR count). The zero-order chi connectivity index (χ0) is 18.2. The van der Waals surface area contributed by atoms with Gasteiger partial charge in [0.05, 0.1) is 4.90 Å². The van der Waals surface area contributed by atoms with Crippen molar-refractivity contribution in [2.24, 2.45) is 0 Å². The van der Waals surface area contributed by atoms with Gasteiger partial charge in [0, 0.05) is 16.8 Å². The second-order valence-electron chi connectivity index (χ2n) is 5.60. The van der Waals surface area contributed by atoms with Gasteiger partial charge in [0.1, 0.15) is 10.7 Å². The third kappa shape index (κ3) is 4.30. The molecule has 1 aliphatic rings. The molecule has 0 heterocycles. The van der Waals surface area contributed by atoms with Gasteiger partial charge in [0.25, 0.3) is 10.0 Å². The molecule has 0 bridgehead atoms. The Hall–Kier alpha value is -1.68. The van der Waals surface area contributed by atoms with Crippen LogP contribution < -0.4 is 9.44 Å². The molecule has 1 fully saturated rings. The highest BCUT2D eigenvalue weighted by atomic mass is 35.5. The molecule has 2 aromatic carbocycles. The molecule has 0 unspecified atom stereocenters. The molecule has 0 amide bonds. The van der Waals surface area contributed by atoms with E-state index in [0.29, 0.717) is 0 Å². The summed E-state index contributed by atoms with van der Waals surface area (Å²) in [6.45, 7) is 0. The average Bonchev–Trinajstić information content (AvgIpc) is 3.30. The maximum Gasteiger partial charge on any atom is 0.264 e. The number of halogens is 2. The van der Waals surface area contributed by atoms with Gasteiger partial charge in [-0.3, -0.25) is 4.72 Å². The Morgan fingerprint density at radius 1 is 0.960 bits per heavy atom. The summed E-state index contributed by atoms with van der Waals surface area (Å²) in [5.74, 6) is -0.979. The Morgan fingerprint density at radius 3 is 2.16 bits per heavy atom. The van der Waals surface area contributed by atoms with Crippen molar-refractivity contribution < 1.29 is 21.2 Å². The first kappa shape index (κ1) is 18.1. The summed E-state index contributed by atoms with van der Waals surface area (Å²) in [6.07, 6.45) is 1.62. The number of benzene rings is 2. The van der Waals surface area contributed by atoms with E-state index in [-0.39, 0.29) is 21.6 Å². The number of nitrogens with one attached hydrogen (secondary N) is 2. The highest BCUT2D eigenvalue weighted by Gasteiger charge is 2.28. The van der Waals surface area contributed by atoms with Crippen LogP contribution in [-0.4, -0.2) is 22.9 Å². The van der Waals surface area contributed by atoms with Gasteiger partial charge in [-0.05, 0) is 55.3 Å². The summed E-state index contributed by atoms with van der Waals surface area (Å²) in [5, 5.41) is 0.0779. The lowest BCUT2D eigenvalue weighted by molar-refractivity contribution is 0.570. The number of rotatable bonds is 6. The lowest BCUT2D eigenvalue weighted by Crippen LogP contribution is -2.25. The van der Waals surface area contributed by atoms with Crippen molar-refractivity contribution in [1.29, 1.82) is 0 Å². The van der Waals surface area contributed by atoms with Crippen molar-refractivity contribution in [3.05, 3.63) is 53.3 Å². The smallest absolute Gasteiger partial charge is 0.264 e. The summed E-state index contributed by atoms with van der Waals surface area (Å²) in [6, 6.07) is 8.34. The molecule has 0 spiro atoms. The van der Waals surface area contributed by atoms with Crippen molar-refractivity contribution in [2.75, 3.05) is 4.72 Å². The summed E-state index contributed by atoms with van der Waals surface area (Å²) in [7, 11) is -7.79. The normalized spacial score (nSPS) is 15.1. The van der Waals surface area contributed by atoms with Crippen LogP contribution in [0.25, 0.3) is 0 Å². The first-order chi connectivity index (χ1) is 11.7. The fourth-order valence-electron chi connectivity index (χ4n) is 2.09.